The first-order valence-corrected chi connectivity index (χ1v) is 5.67. The van der Waals surface area contributed by atoms with Gasteiger partial charge in [0.15, 0.2) is 0 Å². The lowest BCUT2D eigenvalue weighted by atomic mass is 10.1. The molecule has 2 rings (SSSR count). The Morgan fingerprint density at radius 1 is 1.53 bits per heavy atom. The van der Waals surface area contributed by atoms with Crippen LogP contribution in [0.4, 0.5) is 5.69 Å². The molecule has 15 heavy (non-hydrogen) atoms. The number of β-amino-alcohol motifs (C(OH)–C–C–N with tert-alkyl or cyclic N) is 1. The first-order chi connectivity index (χ1) is 7.29. The zero-order valence-corrected chi connectivity index (χ0v) is 9.19. The quantitative estimate of drug-likeness (QED) is 0.798. The van der Waals surface area contributed by atoms with Crippen molar-refractivity contribution in [3.05, 3.63) is 24.0 Å². The molecule has 1 aliphatic rings. The van der Waals surface area contributed by atoms with Gasteiger partial charge in [0.2, 0.25) is 0 Å². The van der Waals surface area contributed by atoms with Crippen molar-refractivity contribution >= 4 is 5.69 Å². The second-order valence-electron chi connectivity index (χ2n) is 4.10. The summed E-state index contributed by atoms with van der Waals surface area (Å²) in [4.78, 5) is 6.58. The van der Waals surface area contributed by atoms with Crippen LogP contribution in [0.1, 0.15) is 25.5 Å². The van der Waals surface area contributed by atoms with E-state index in [1.807, 2.05) is 6.20 Å². The fourth-order valence-corrected chi connectivity index (χ4v) is 2.00. The van der Waals surface area contributed by atoms with Gasteiger partial charge in [-0.1, -0.05) is 6.92 Å². The lowest BCUT2D eigenvalue weighted by molar-refractivity contribution is 0.154. The van der Waals surface area contributed by atoms with Crippen LogP contribution in [-0.4, -0.2) is 29.3 Å². The Kier molecular flexibility index (Phi) is 3.21. The zero-order chi connectivity index (χ0) is 10.7. The van der Waals surface area contributed by atoms with Crippen LogP contribution in [0.25, 0.3) is 0 Å². The summed E-state index contributed by atoms with van der Waals surface area (Å²) in [6.45, 7) is 3.88. The van der Waals surface area contributed by atoms with Gasteiger partial charge in [0, 0.05) is 18.8 Å². The van der Waals surface area contributed by atoms with Gasteiger partial charge in [0.05, 0.1) is 18.0 Å². The molecule has 0 amide bonds. The molecule has 0 unspecified atom stereocenters. The number of anilines is 1. The number of nitrogens with zero attached hydrogens (tertiary/aromatic N) is 2. The number of aliphatic hydroxyl groups excluding tert-OH is 1. The van der Waals surface area contributed by atoms with E-state index < -0.39 is 0 Å². The van der Waals surface area contributed by atoms with Crippen LogP contribution < -0.4 is 4.90 Å². The molecule has 0 saturated carbocycles. The van der Waals surface area contributed by atoms with Crippen LogP contribution in [0, 0.1) is 0 Å². The Labute approximate surface area is 90.8 Å². The van der Waals surface area contributed by atoms with Crippen molar-refractivity contribution in [1.29, 1.82) is 0 Å². The van der Waals surface area contributed by atoms with Crippen LogP contribution in [0.3, 0.4) is 0 Å². The SMILES string of the molecule is CCc1ccc(N2CCC[C@@H](O)C2)cn1. The van der Waals surface area contributed by atoms with E-state index in [2.05, 4.69) is 28.9 Å². The van der Waals surface area contributed by atoms with E-state index in [4.69, 9.17) is 0 Å². The number of hydrogen-bond donors (Lipinski definition) is 1. The molecule has 0 aliphatic carbocycles. The number of rotatable bonds is 2. The van der Waals surface area contributed by atoms with Crippen LogP contribution in [-0.2, 0) is 6.42 Å². The Balaban J connectivity index is 2.07. The minimum Gasteiger partial charge on any atom is -0.391 e. The molecular formula is C12H18N2O. The predicted molar refractivity (Wildman–Crippen MR) is 61.1 cm³/mol. The largest absolute Gasteiger partial charge is 0.391 e. The molecule has 1 saturated heterocycles. The predicted octanol–water partition coefficient (Wildman–Crippen LogP) is 1.61. The Bertz CT molecular complexity index is 310. The summed E-state index contributed by atoms with van der Waals surface area (Å²) in [5, 5.41) is 9.58. The minimum atomic E-state index is -0.176. The third-order valence-corrected chi connectivity index (χ3v) is 2.93. The Morgan fingerprint density at radius 2 is 2.40 bits per heavy atom. The molecule has 1 atom stereocenters. The van der Waals surface area contributed by atoms with Gasteiger partial charge in [-0.15, -0.1) is 0 Å². The van der Waals surface area contributed by atoms with E-state index in [1.165, 1.54) is 0 Å². The number of pyridine rings is 1. The van der Waals surface area contributed by atoms with Crippen molar-refractivity contribution in [2.24, 2.45) is 0 Å². The monoisotopic (exact) mass is 206 g/mol. The minimum absolute atomic E-state index is 0.176. The maximum atomic E-state index is 9.58. The highest BCUT2D eigenvalue weighted by Gasteiger charge is 2.17. The highest BCUT2D eigenvalue weighted by Crippen LogP contribution is 2.19. The third kappa shape index (κ3) is 2.48. The van der Waals surface area contributed by atoms with Gasteiger partial charge in [-0.05, 0) is 31.4 Å². The van der Waals surface area contributed by atoms with E-state index >= 15 is 0 Å². The topological polar surface area (TPSA) is 36.4 Å². The van der Waals surface area contributed by atoms with Crippen molar-refractivity contribution in [2.75, 3.05) is 18.0 Å². The molecule has 2 heterocycles. The number of aromatic nitrogens is 1. The maximum absolute atomic E-state index is 9.58. The molecule has 0 aromatic carbocycles. The van der Waals surface area contributed by atoms with E-state index in [1.54, 1.807) is 0 Å². The van der Waals surface area contributed by atoms with Crippen molar-refractivity contribution in [3.63, 3.8) is 0 Å². The van der Waals surface area contributed by atoms with Gasteiger partial charge in [-0.2, -0.15) is 0 Å². The summed E-state index contributed by atoms with van der Waals surface area (Å²) in [5.41, 5.74) is 2.25. The van der Waals surface area contributed by atoms with Gasteiger partial charge in [0.1, 0.15) is 0 Å². The molecule has 3 nitrogen and oxygen atoms in total. The molecule has 1 N–H and O–H groups in total. The van der Waals surface area contributed by atoms with Crippen molar-refractivity contribution < 1.29 is 5.11 Å². The average molecular weight is 206 g/mol. The van der Waals surface area contributed by atoms with E-state index in [0.717, 1.165) is 43.7 Å². The van der Waals surface area contributed by atoms with E-state index in [-0.39, 0.29) is 6.10 Å². The smallest absolute Gasteiger partial charge is 0.0715 e. The average Bonchev–Trinajstić information content (AvgIpc) is 2.29. The Morgan fingerprint density at radius 3 is 3.00 bits per heavy atom. The van der Waals surface area contributed by atoms with Crippen molar-refractivity contribution in [1.82, 2.24) is 4.98 Å². The van der Waals surface area contributed by atoms with Gasteiger partial charge in [-0.3, -0.25) is 4.98 Å². The third-order valence-electron chi connectivity index (χ3n) is 2.93. The highest BCUT2D eigenvalue weighted by molar-refractivity contribution is 5.45. The number of aryl methyl sites for hydroxylation is 1. The summed E-state index contributed by atoms with van der Waals surface area (Å²) < 4.78 is 0. The highest BCUT2D eigenvalue weighted by atomic mass is 16.3. The first kappa shape index (κ1) is 10.4. The molecule has 3 heteroatoms. The summed E-state index contributed by atoms with van der Waals surface area (Å²) in [7, 11) is 0. The molecule has 0 spiro atoms. The lowest BCUT2D eigenvalue weighted by Crippen LogP contribution is -2.38. The Hall–Kier alpha value is -1.09. The van der Waals surface area contributed by atoms with E-state index in [9.17, 15) is 5.11 Å². The second kappa shape index (κ2) is 4.62. The van der Waals surface area contributed by atoms with Crippen molar-refractivity contribution in [3.8, 4) is 0 Å². The van der Waals surface area contributed by atoms with Gasteiger partial charge in [0.25, 0.3) is 0 Å². The van der Waals surface area contributed by atoms with Gasteiger partial charge in [-0.25, -0.2) is 0 Å². The number of aliphatic hydroxyl groups is 1. The molecule has 0 radical (unpaired) electrons. The van der Waals surface area contributed by atoms with Crippen LogP contribution >= 0.6 is 0 Å². The molecule has 1 aromatic heterocycles. The van der Waals surface area contributed by atoms with Crippen LogP contribution in [0.15, 0.2) is 18.3 Å². The normalized spacial score (nSPS) is 21.7. The summed E-state index contributed by atoms with van der Waals surface area (Å²) in [5.74, 6) is 0. The fraction of sp³-hybridized carbons (Fsp3) is 0.583. The lowest BCUT2D eigenvalue weighted by Gasteiger charge is -2.31. The zero-order valence-electron chi connectivity index (χ0n) is 9.19. The summed E-state index contributed by atoms with van der Waals surface area (Å²) in [6, 6.07) is 4.17. The standard InChI is InChI=1S/C12H18N2O/c1-2-10-5-6-11(8-13-10)14-7-3-4-12(15)9-14/h5-6,8,12,15H,2-4,7,9H2,1H3/t12-/m1/s1. The molecule has 1 aromatic rings. The van der Waals surface area contributed by atoms with E-state index in [0.29, 0.717) is 0 Å². The molecule has 82 valence electrons. The molecule has 1 aliphatic heterocycles. The first-order valence-electron chi connectivity index (χ1n) is 5.67. The number of piperidine rings is 1. The fourth-order valence-electron chi connectivity index (χ4n) is 2.00. The number of hydrogen-bond acceptors (Lipinski definition) is 3. The molecular weight excluding hydrogens is 188 g/mol. The van der Waals surface area contributed by atoms with Crippen molar-refractivity contribution in [2.45, 2.75) is 32.3 Å². The van der Waals surface area contributed by atoms with Crippen LogP contribution in [0.2, 0.25) is 0 Å². The summed E-state index contributed by atoms with van der Waals surface area (Å²) in [6.07, 6.45) is 4.71. The molecule has 1 fully saturated rings. The van der Waals surface area contributed by atoms with Crippen LogP contribution in [0.5, 0.6) is 0 Å². The maximum Gasteiger partial charge on any atom is 0.0715 e. The van der Waals surface area contributed by atoms with Gasteiger partial charge < -0.3 is 10.0 Å². The van der Waals surface area contributed by atoms with Gasteiger partial charge >= 0.3 is 0 Å². The summed E-state index contributed by atoms with van der Waals surface area (Å²) >= 11 is 0. The molecule has 0 bridgehead atoms. The second-order valence-corrected chi connectivity index (χ2v) is 4.10.